The fraction of sp³-hybridized carbons (Fsp3) is 0.208. The van der Waals surface area contributed by atoms with Crippen molar-refractivity contribution in [1.29, 1.82) is 0 Å². The number of nitrogens with zero attached hydrogens (tertiary/aromatic N) is 2. The second-order valence-electron chi connectivity index (χ2n) is 6.94. The number of para-hydroxylation sites is 1. The minimum Gasteiger partial charge on any atom is -0.497 e. The molecular formula is C24H24FN3O3S. The highest BCUT2D eigenvalue weighted by atomic mass is 32.1. The lowest BCUT2D eigenvalue weighted by atomic mass is 10.1. The van der Waals surface area contributed by atoms with Gasteiger partial charge in [-0.05, 0) is 48.7 Å². The summed E-state index contributed by atoms with van der Waals surface area (Å²) in [5, 5.41) is 4.88. The van der Waals surface area contributed by atoms with Gasteiger partial charge in [-0.2, -0.15) is 0 Å². The second kappa shape index (κ2) is 11.2. The van der Waals surface area contributed by atoms with Crippen LogP contribution in [0.3, 0.4) is 0 Å². The van der Waals surface area contributed by atoms with Crippen molar-refractivity contribution in [2.24, 2.45) is 0 Å². The minimum atomic E-state index is -0.510. The predicted molar refractivity (Wildman–Crippen MR) is 125 cm³/mol. The molecule has 6 nitrogen and oxygen atoms in total. The van der Waals surface area contributed by atoms with Crippen LogP contribution >= 0.6 is 11.3 Å². The van der Waals surface area contributed by atoms with Crippen LogP contribution in [0.5, 0.6) is 5.75 Å². The molecule has 0 radical (unpaired) electrons. The lowest BCUT2D eigenvalue weighted by Gasteiger charge is -2.18. The molecule has 1 heterocycles. The van der Waals surface area contributed by atoms with Gasteiger partial charge in [0.15, 0.2) is 5.13 Å². The fourth-order valence-corrected chi connectivity index (χ4v) is 3.86. The Labute approximate surface area is 190 Å². The zero-order chi connectivity index (χ0) is 22.9. The molecule has 0 fully saturated rings. The summed E-state index contributed by atoms with van der Waals surface area (Å²) in [4.78, 5) is 29.7. The van der Waals surface area contributed by atoms with E-state index >= 15 is 0 Å². The number of anilines is 2. The van der Waals surface area contributed by atoms with Crippen LogP contribution in [0.4, 0.5) is 15.2 Å². The van der Waals surface area contributed by atoms with E-state index in [0.717, 1.165) is 18.6 Å². The molecule has 32 heavy (non-hydrogen) atoms. The van der Waals surface area contributed by atoms with Crippen molar-refractivity contribution in [2.45, 2.75) is 19.8 Å². The minimum absolute atomic E-state index is 0.138. The summed E-state index contributed by atoms with van der Waals surface area (Å²) in [5.74, 6) is -0.275. The van der Waals surface area contributed by atoms with E-state index in [1.54, 1.807) is 30.7 Å². The van der Waals surface area contributed by atoms with Crippen LogP contribution in [0, 0.1) is 5.82 Å². The molecule has 1 N–H and O–H groups in total. The van der Waals surface area contributed by atoms with E-state index in [-0.39, 0.29) is 17.5 Å². The summed E-state index contributed by atoms with van der Waals surface area (Å²) in [7, 11) is 1.63. The molecule has 166 valence electrons. The van der Waals surface area contributed by atoms with Crippen LogP contribution in [0.15, 0.2) is 60.0 Å². The second-order valence-corrected chi connectivity index (χ2v) is 7.77. The molecule has 0 unspecified atom stereocenters. The van der Waals surface area contributed by atoms with Crippen molar-refractivity contribution >= 4 is 40.0 Å². The Bertz CT molecular complexity index is 1100. The first-order chi connectivity index (χ1) is 15.5. The number of amides is 2. The molecule has 0 spiro atoms. The SMILES string of the molecule is COc1ccc(CCCNC(=O)/C=C/c2csc(N(C(C)=O)c3ccccc3F)n2)cc1. The highest BCUT2D eigenvalue weighted by Crippen LogP contribution is 2.30. The number of hydrogen-bond donors (Lipinski definition) is 1. The highest BCUT2D eigenvalue weighted by molar-refractivity contribution is 7.14. The quantitative estimate of drug-likeness (QED) is 0.375. The van der Waals surface area contributed by atoms with Crippen LogP contribution in [0.2, 0.25) is 0 Å². The Hall–Kier alpha value is -3.52. The molecule has 2 amide bonds. The van der Waals surface area contributed by atoms with Gasteiger partial charge in [0, 0.05) is 24.9 Å². The molecule has 0 saturated carbocycles. The zero-order valence-corrected chi connectivity index (χ0v) is 18.7. The third-order valence-electron chi connectivity index (χ3n) is 4.62. The number of carbonyl (C=O) groups excluding carboxylic acids is 2. The van der Waals surface area contributed by atoms with Crippen LogP contribution in [0.25, 0.3) is 6.08 Å². The van der Waals surface area contributed by atoms with Crippen LogP contribution in [-0.2, 0) is 16.0 Å². The van der Waals surface area contributed by atoms with Gasteiger partial charge in [-0.3, -0.25) is 14.5 Å². The molecule has 1 aromatic heterocycles. The molecule has 0 aliphatic carbocycles. The number of aryl methyl sites for hydroxylation is 1. The zero-order valence-electron chi connectivity index (χ0n) is 17.9. The first-order valence-corrected chi connectivity index (χ1v) is 11.0. The van der Waals surface area contributed by atoms with Crippen LogP contribution in [-0.4, -0.2) is 30.5 Å². The highest BCUT2D eigenvalue weighted by Gasteiger charge is 2.20. The molecule has 3 rings (SSSR count). The van der Waals surface area contributed by atoms with E-state index in [4.69, 9.17) is 4.74 Å². The number of hydrogen-bond acceptors (Lipinski definition) is 5. The van der Waals surface area contributed by atoms with Crippen molar-refractivity contribution in [1.82, 2.24) is 10.3 Å². The average molecular weight is 454 g/mol. The lowest BCUT2D eigenvalue weighted by Crippen LogP contribution is -2.23. The number of thiazole rings is 1. The maximum atomic E-state index is 14.1. The number of halogens is 1. The van der Waals surface area contributed by atoms with Gasteiger partial charge >= 0.3 is 0 Å². The largest absolute Gasteiger partial charge is 0.497 e. The van der Waals surface area contributed by atoms with Crippen molar-refractivity contribution in [3.63, 3.8) is 0 Å². The smallest absolute Gasteiger partial charge is 0.244 e. The Morgan fingerprint density at radius 2 is 1.94 bits per heavy atom. The van der Waals surface area contributed by atoms with Gasteiger partial charge in [0.1, 0.15) is 11.6 Å². The third kappa shape index (κ3) is 6.24. The van der Waals surface area contributed by atoms with Gasteiger partial charge in [0.2, 0.25) is 11.8 Å². The Morgan fingerprint density at radius 1 is 1.19 bits per heavy atom. The maximum absolute atomic E-state index is 14.1. The molecule has 8 heteroatoms. The number of carbonyl (C=O) groups is 2. The molecule has 2 aromatic carbocycles. The molecule has 0 saturated heterocycles. The van der Waals surface area contributed by atoms with Gasteiger partial charge in [-0.15, -0.1) is 11.3 Å². The molecule has 0 atom stereocenters. The average Bonchev–Trinajstić information content (AvgIpc) is 3.25. The summed E-state index contributed by atoms with van der Waals surface area (Å²) in [6.45, 7) is 1.89. The van der Waals surface area contributed by atoms with Gasteiger partial charge in [-0.25, -0.2) is 9.37 Å². The summed E-state index contributed by atoms with van der Waals surface area (Å²) in [5.41, 5.74) is 1.83. The van der Waals surface area contributed by atoms with Gasteiger partial charge < -0.3 is 10.1 Å². The van der Waals surface area contributed by atoms with Crippen LogP contribution in [0.1, 0.15) is 24.6 Å². The van der Waals surface area contributed by atoms with Crippen molar-refractivity contribution < 1.29 is 18.7 Å². The predicted octanol–water partition coefficient (Wildman–Crippen LogP) is 4.74. The van der Waals surface area contributed by atoms with E-state index in [0.29, 0.717) is 17.4 Å². The molecular weight excluding hydrogens is 429 g/mol. The third-order valence-corrected chi connectivity index (χ3v) is 5.46. The van der Waals surface area contributed by atoms with Crippen molar-refractivity contribution in [3.8, 4) is 5.75 Å². The molecule has 0 aliphatic rings. The summed E-state index contributed by atoms with van der Waals surface area (Å²) in [6, 6.07) is 13.9. The Kier molecular flexibility index (Phi) is 8.10. The lowest BCUT2D eigenvalue weighted by molar-refractivity contribution is -0.117. The molecule has 0 aliphatic heterocycles. The topological polar surface area (TPSA) is 71.5 Å². The van der Waals surface area contributed by atoms with E-state index in [1.807, 2.05) is 24.3 Å². The summed E-state index contributed by atoms with van der Waals surface area (Å²) in [6.07, 6.45) is 4.62. The van der Waals surface area contributed by atoms with Gasteiger partial charge in [0.05, 0.1) is 18.5 Å². The standard InChI is InChI=1S/C24H24FN3O3S/c1-17(29)28(22-8-4-3-7-21(22)25)24-27-19(16-32-24)11-14-23(30)26-15-5-6-18-9-12-20(31-2)13-10-18/h3-4,7-14,16H,5-6,15H2,1-2H3,(H,26,30)/b14-11+. The number of ether oxygens (including phenoxy) is 1. The summed E-state index contributed by atoms with van der Waals surface area (Å²) < 4.78 is 19.3. The maximum Gasteiger partial charge on any atom is 0.244 e. The Balaban J connectivity index is 1.52. The summed E-state index contributed by atoms with van der Waals surface area (Å²) >= 11 is 1.20. The Morgan fingerprint density at radius 3 is 2.62 bits per heavy atom. The van der Waals surface area contributed by atoms with E-state index in [2.05, 4.69) is 10.3 Å². The number of methoxy groups -OCH3 is 1. The number of rotatable bonds is 9. The number of benzene rings is 2. The van der Waals surface area contributed by atoms with Crippen molar-refractivity contribution in [3.05, 3.63) is 77.1 Å². The first kappa shape index (κ1) is 23.1. The van der Waals surface area contributed by atoms with Gasteiger partial charge in [-0.1, -0.05) is 24.3 Å². The van der Waals surface area contributed by atoms with E-state index in [1.165, 1.54) is 46.9 Å². The van der Waals surface area contributed by atoms with Crippen LogP contribution < -0.4 is 15.0 Å². The first-order valence-electron chi connectivity index (χ1n) is 10.1. The normalized spacial score (nSPS) is 10.8. The van der Waals surface area contributed by atoms with E-state index in [9.17, 15) is 14.0 Å². The monoisotopic (exact) mass is 453 g/mol. The molecule has 3 aromatic rings. The number of aromatic nitrogens is 1. The van der Waals surface area contributed by atoms with Gasteiger partial charge in [0.25, 0.3) is 0 Å². The fourth-order valence-electron chi connectivity index (χ4n) is 3.01. The van der Waals surface area contributed by atoms with Crippen molar-refractivity contribution in [2.75, 3.05) is 18.6 Å². The molecule has 0 bridgehead atoms. The van der Waals surface area contributed by atoms with E-state index < -0.39 is 5.82 Å². The number of nitrogens with one attached hydrogen (secondary N) is 1.